The minimum absolute atomic E-state index is 0.227. The van der Waals surface area contributed by atoms with Gasteiger partial charge in [-0.3, -0.25) is 4.79 Å². The fourth-order valence-electron chi connectivity index (χ4n) is 4.58. The molecule has 0 spiro atoms. The second kappa shape index (κ2) is 6.33. The second-order valence-electron chi connectivity index (χ2n) is 8.22. The number of anilines is 3. The molecule has 1 aliphatic carbocycles. The van der Waals surface area contributed by atoms with E-state index >= 15 is 0 Å². The number of nitrogens with one attached hydrogen (secondary N) is 1. The zero-order chi connectivity index (χ0) is 19.4. The van der Waals surface area contributed by atoms with Crippen molar-refractivity contribution in [3.8, 4) is 0 Å². The molecule has 2 atom stereocenters. The minimum atomic E-state index is -0.227. The number of carbonyl (C=O) groups is 1. The fraction of sp³-hybridized carbons (Fsp3) is 0.292. The third-order valence-electron chi connectivity index (χ3n) is 6.28. The van der Waals surface area contributed by atoms with Crippen LogP contribution in [0, 0.1) is 31.5 Å². The molecular formula is C24H23FN2O. The lowest BCUT2D eigenvalue weighted by Gasteiger charge is -2.25. The number of hydrogen-bond acceptors (Lipinski definition) is 3. The van der Waals surface area contributed by atoms with Crippen molar-refractivity contribution in [3.63, 3.8) is 0 Å². The van der Waals surface area contributed by atoms with Crippen LogP contribution >= 0.6 is 0 Å². The zero-order valence-electron chi connectivity index (χ0n) is 16.1. The summed E-state index contributed by atoms with van der Waals surface area (Å²) in [6.45, 7) is 5.83. The molecule has 2 unspecified atom stereocenters. The predicted octanol–water partition coefficient (Wildman–Crippen LogP) is 5.61. The molecule has 0 aromatic heterocycles. The topological polar surface area (TPSA) is 32.3 Å². The standard InChI is InChI=1S/C24H23FN2O/c1-14-6-7-18(9-21(14)25)26-22-10-23(27-11-16-8-17(16)12-27)20(13-28)24-15(2)4-3-5-19(22)24/h3-7,9-10,13,16-17,26H,8,11-12H2,1-2H3. The van der Waals surface area contributed by atoms with Crippen LogP contribution in [0.5, 0.6) is 0 Å². The van der Waals surface area contributed by atoms with E-state index in [9.17, 15) is 9.18 Å². The van der Waals surface area contributed by atoms with Crippen molar-refractivity contribution in [2.24, 2.45) is 11.8 Å². The Hall–Kier alpha value is -2.88. The summed E-state index contributed by atoms with van der Waals surface area (Å²) in [5.41, 5.74) is 5.06. The number of carbonyl (C=O) groups excluding carboxylic acids is 1. The minimum Gasteiger partial charge on any atom is -0.370 e. The van der Waals surface area contributed by atoms with E-state index in [1.807, 2.05) is 31.2 Å². The van der Waals surface area contributed by atoms with Gasteiger partial charge in [0, 0.05) is 35.4 Å². The monoisotopic (exact) mass is 374 g/mol. The highest BCUT2D eigenvalue weighted by atomic mass is 19.1. The molecular weight excluding hydrogens is 351 g/mol. The molecule has 3 aromatic rings. The molecule has 3 nitrogen and oxygen atoms in total. The van der Waals surface area contributed by atoms with Gasteiger partial charge in [0.05, 0.1) is 5.69 Å². The summed E-state index contributed by atoms with van der Waals surface area (Å²) in [4.78, 5) is 14.4. The third-order valence-corrected chi connectivity index (χ3v) is 6.28. The summed E-state index contributed by atoms with van der Waals surface area (Å²) in [6.07, 6.45) is 2.30. The molecule has 1 saturated carbocycles. The lowest BCUT2D eigenvalue weighted by atomic mass is 9.96. The molecule has 1 heterocycles. The number of rotatable bonds is 4. The maximum Gasteiger partial charge on any atom is 0.152 e. The highest BCUT2D eigenvalue weighted by molar-refractivity contribution is 6.11. The normalized spacial score (nSPS) is 20.3. The van der Waals surface area contributed by atoms with E-state index < -0.39 is 0 Å². The molecule has 28 heavy (non-hydrogen) atoms. The van der Waals surface area contributed by atoms with Crippen LogP contribution in [-0.2, 0) is 0 Å². The number of piperidine rings is 1. The van der Waals surface area contributed by atoms with Crippen molar-refractivity contribution in [3.05, 3.63) is 65.0 Å². The fourth-order valence-corrected chi connectivity index (χ4v) is 4.58. The number of hydrogen-bond donors (Lipinski definition) is 1. The van der Waals surface area contributed by atoms with Crippen molar-refractivity contribution in [2.75, 3.05) is 23.3 Å². The Morgan fingerprint density at radius 1 is 1.07 bits per heavy atom. The Balaban J connectivity index is 1.67. The van der Waals surface area contributed by atoms with Crippen LogP contribution in [0.2, 0.25) is 0 Å². The molecule has 0 radical (unpaired) electrons. The molecule has 1 saturated heterocycles. The molecule has 2 fully saturated rings. The Bertz CT molecular complexity index is 1100. The van der Waals surface area contributed by atoms with Crippen molar-refractivity contribution in [1.82, 2.24) is 0 Å². The van der Waals surface area contributed by atoms with Gasteiger partial charge in [-0.1, -0.05) is 24.3 Å². The van der Waals surface area contributed by atoms with E-state index in [0.717, 1.165) is 64.5 Å². The molecule has 1 N–H and O–H groups in total. The maximum atomic E-state index is 14.1. The van der Waals surface area contributed by atoms with Gasteiger partial charge in [-0.25, -0.2) is 4.39 Å². The predicted molar refractivity (Wildman–Crippen MR) is 112 cm³/mol. The number of aldehydes is 1. The second-order valence-corrected chi connectivity index (χ2v) is 8.22. The molecule has 0 bridgehead atoms. The molecule has 0 amide bonds. The number of aryl methyl sites for hydroxylation is 2. The van der Waals surface area contributed by atoms with E-state index in [2.05, 4.69) is 16.3 Å². The van der Waals surface area contributed by atoms with Gasteiger partial charge in [0.1, 0.15) is 5.82 Å². The first kappa shape index (κ1) is 17.2. The van der Waals surface area contributed by atoms with E-state index in [1.165, 1.54) is 12.5 Å². The largest absolute Gasteiger partial charge is 0.370 e. The first-order valence-electron chi connectivity index (χ1n) is 9.85. The molecule has 1 aliphatic heterocycles. The smallest absolute Gasteiger partial charge is 0.152 e. The van der Waals surface area contributed by atoms with Gasteiger partial charge in [0.25, 0.3) is 0 Å². The van der Waals surface area contributed by atoms with Crippen LogP contribution in [0.15, 0.2) is 42.5 Å². The lowest BCUT2D eigenvalue weighted by molar-refractivity contribution is 0.112. The summed E-state index contributed by atoms with van der Waals surface area (Å²) in [6, 6.07) is 13.3. The van der Waals surface area contributed by atoms with Crippen LogP contribution in [0.3, 0.4) is 0 Å². The van der Waals surface area contributed by atoms with E-state index in [4.69, 9.17) is 0 Å². The summed E-state index contributed by atoms with van der Waals surface area (Å²) in [5, 5.41) is 5.36. The summed E-state index contributed by atoms with van der Waals surface area (Å²) in [7, 11) is 0. The lowest BCUT2D eigenvalue weighted by Crippen LogP contribution is -2.23. The Morgan fingerprint density at radius 3 is 2.57 bits per heavy atom. The number of halogens is 1. The highest BCUT2D eigenvalue weighted by Crippen LogP contribution is 2.48. The summed E-state index contributed by atoms with van der Waals surface area (Å²) >= 11 is 0. The molecule has 4 heteroatoms. The molecule has 3 aromatic carbocycles. The Labute approximate surface area is 164 Å². The molecule has 2 aliphatic rings. The van der Waals surface area contributed by atoms with Crippen LogP contribution in [-0.4, -0.2) is 19.4 Å². The number of fused-ring (bicyclic) bond motifs is 2. The SMILES string of the molecule is Cc1ccc(Nc2cc(N3CC4CC4C3)c(C=O)c3c(C)cccc23)cc1F. The van der Waals surface area contributed by atoms with Crippen molar-refractivity contribution in [2.45, 2.75) is 20.3 Å². The number of benzene rings is 3. The number of nitrogens with zero attached hydrogens (tertiary/aromatic N) is 1. The van der Waals surface area contributed by atoms with Crippen molar-refractivity contribution in [1.29, 1.82) is 0 Å². The van der Waals surface area contributed by atoms with Gasteiger partial charge in [-0.15, -0.1) is 0 Å². The Kier molecular flexibility index (Phi) is 3.90. The maximum absolute atomic E-state index is 14.1. The van der Waals surface area contributed by atoms with Gasteiger partial charge >= 0.3 is 0 Å². The van der Waals surface area contributed by atoms with Gasteiger partial charge in [0.2, 0.25) is 0 Å². The van der Waals surface area contributed by atoms with Crippen molar-refractivity contribution < 1.29 is 9.18 Å². The van der Waals surface area contributed by atoms with Gasteiger partial charge in [-0.05, 0) is 66.8 Å². The third kappa shape index (κ3) is 2.75. The quantitative estimate of drug-likeness (QED) is 0.603. The van der Waals surface area contributed by atoms with Crippen molar-refractivity contribution >= 4 is 34.1 Å². The van der Waals surface area contributed by atoms with Gasteiger partial charge in [-0.2, -0.15) is 0 Å². The van der Waals surface area contributed by atoms with Gasteiger partial charge < -0.3 is 10.2 Å². The van der Waals surface area contributed by atoms with E-state index in [0.29, 0.717) is 11.3 Å². The van der Waals surface area contributed by atoms with Crippen LogP contribution in [0.4, 0.5) is 21.5 Å². The highest BCUT2D eigenvalue weighted by Gasteiger charge is 2.45. The molecule has 5 rings (SSSR count). The summed E-state index contributed by atoms with van der Waals surface area (Å²) < 4.78 is 14.1. The summed E-state index contributed by atoms with van der Waals surface area (Å²) in [5.74, 6) is 1.32. The molecule has 142 valence electrons. The van der Waals surface area contributed by atoms with E-state index in [-0.39, 0.29) is 5.82 Å². The Morgan fingerprint density at radius 2 is 1.86 bits per heavy atom. The van der Waals surface area contributed by atoms with Gasteiger partial charge in [0.15, 0.2) is 6.29 Å². The van der Waals surface area contributed by atoms with E-state index in [1.54, 1.807) is 13.0 Å². The van der Waals surface area contributed by atoms with Crippen LogP contribution < -0.4 is 10.2 Å². The van der Waals surface area contributed by atoms with Crippen LogP contribution in [0.1, 0.15) is 27.9 Å². The first-order chi connectivity index (χ1) is 13.5. The zero-order valence-corrected chi connectivity index (χ0v) is 16.1. The average molecular weight is 374 g/mol. The van der Waals surface area contributed by atoms with Crippen LogP contribution in [0.25, 0.3) is 10.8 Å². The first-order valence-corrected chi connectivity index (χ1v) is 9.85. The average Bonchev–Trinajstić information content (AvgIpc) is 3.30.